The summed E-state index contributed by atoms with van der Waals surface area (Å²) in [5.41, 5.74) is 5.51. The molecule has 0 amide bonds. The van der Waals surface area contributed by atoms with E-state index < -0.39 is 12.0 Å². The van der Waals surface area contributed by atoms with Gasteiger partial charge in [-0.25, -0.2) is 9.97 Å². The average molecular weight is 306 g/mol. The van der Waals surface area contributed by atoms with Gasteiger partial charge >= 0.3 is 5.97 Å². The number of hydrogen-bond acceptors (Lipinski definition) is 5. The summed E-state index contributed by atoms with van der Waals surface area (Å²) in [5.74, 6) is 0.852. The summed E-state index contributed by atoms with van der Waals surface area (Å²) in [6.45, 7) is 2.21. The Morgan fingerprint density at radius 3 is 2.23 bits per heavy atom. The summed E-state index contributed by atoms with van der Waals surface area (Å²) in [5, 5.41) is 8.77. The number of aromatic nitrogens is 4. The van der Waals surface area contributed by atoms with E-state index in [4.69, 9.17) is 10.8 Å². The molecule has 0 bridgehead atoms. The van der Waals surface area contributed by atoms with Crippen LogP contribution < -0.4 is 5.73 Å². The maximum atomic E-state index is 10.7. The number of aliphatic carboxylic acids is 1. The number of hydrogen-bond donors (Lipinski definition) is 4. The molecule has 0 saturated carbocycles. The Labute approximate surface area is 128 Å². The van der Waals surface area contributed by atoms with Gasteiger partial charge in [-0.2, -0.15) is 0 Å². The minimum absolute atomic E-state index is 0.491. The lowest BCUT2D eigenvalue weighted by Gasteiger charge is -2.20. The zero-order valence-electron chi connectivity index (χ0n) is 12.4. The SMILES string of the molecule is N[C@@H](CCCCN(Cc1ncc[nH]1)Cc1ncc[nH]1)C(=O)O. The third-order valence-corrected chi connectivity index (χ3v) is 3.41. The van der Waals surface area contributed by atoms with Crippen LogP contribution in [0.3, 0.4) is 0 Å². The summed E-state index contributed by atoms with van der Waals surface area (Å²) in [4.78, 5) is 27.6. The molecule has 0 aliphatic heterocycles. The minimum atomic E-state index is -0.942. The molecule has 2 rings (SSSR count). The highest BCUT2D eigenvalue weighted by Crippen LogP contribution is 2.08. The smallest absolute Gasteiger partial charge is 0.320 e. The van der Waals surface area contributed by atoms with Crippen LogP contribution in [0, 0.1) is 0 Å². The molecule has 1 atom stereocenters. The fourth-order valence-corrected chi connectivity index (χ4v) is 2.23. The molecule has 0 unspecified atom stereocenters. The van der Waals surface area contributed by atoms with Crippen molar-refractivity contribution in [2.75, 3.05) is 6.54 Å². The minimum Gasteiger partial charge on any atom is -0.480 e. The first-order valence-corrected chi connectivity index (χ1v) is 7.32. The summed E-state index contributed by atoms with van der Waals surface area (Å²) in [6, 6.07) is -0.774. The molecule has 5 N–H and O–H groups in total. The summed E-state index contributed by atoms with van der Waals surface area (Å²) in [6.07, 6.45) is 9.20. The van der Waals surface area contributed by atoms with E-state index in [2.05, 4.69) is 24.8 Å². The van der Waals surface area contributed by atoms with E-state index in [0.717, 1.165) is 31.0 Å². The van der Waals surface area contributed by atoms with Gasteiger partial charge in [-0.05, 0) is 19.4 Å². The number of nitrogens with one attached hydrogen (secondary N) is 2. The van der Waals surface area contributed by atoms with Gasteiger partial charge in [0.25, 0.3) is 0 Å². The number of nitrogens with zero attached hydrogens (tertiary/aromatic N) is 3. The number of nitrogens with two attached hydrogens (primary N) is 1. The first kappa shape index (κ1) is 16.2. The Kier molecular flexibility index (Phi) is 6.11. The monoisotopic (exact) mass is 306 g/mol. The largest absolute Gasteiger partial charge is 0.480 e. The zero-order chi connectivity index (χ0) is 15.8. The Hall–Kier alpha value is -2.19. The van der Waals surface area contributed by atoms with Crippen LogP contribution in [0.2, 0.25) is 0 Å². The van der Waals surface area contributed by atoms with Gasteiger partial charge in [-0.3, -0.25) is 9.69 Å². The number of rotatable bonds is 10. The van der Waals surface area contributed by atoms with E-state index in [1.165, 1.54) is 0 Å². The van der Waals surface area contributed by atoms with Crippen LogP contribution in [0.5, 0.6) is 0 Å². The first-order valence-electron chi connectivity index (χ1n) is 7.32. The number of H-pyrrole nitrogens is 2. The van der Waals surface area contributed by atoms with Crippen LogP contribution in [-0.2, 0) is 17.9 Å². The van der Waals surface area contributed by atoms with Gasteiger partial charge in [-0.15, -0.1) is 0 Å². The molecule has 0 radical (unpaired) electrons. The molecular formula is C14H22N6O2. The van der Waals surface area contributed by atoms with Crippen LogP contribution in [-0.4, -0.2) is 48.5 Å². The van der Waals surface area contributed by atoms with Gasteiger partial charge in [0.1, 0.15) is 17.7 Å². The number of unbranched alkanes of at least 4 members (excludes halogenated alkanes) is 1. The number of carbonyl (C=O) groups is 1. The lowest BCUT2D eigenvalue weighted by atomic mass is 10.1. The fourth-order valence-electron chi connectivity index (χ4n) is 2.23. The van der Waals surface area contributed by atoms with Crippen molar-refractivity contribution in [2.45, 2.75) is 38.4 Å². The maximum Gasteiger partial charge on any atom is 0.320 e. The van der Waals surface area contributed by atoms with Crippen molar-refractivity contribution in [3.8, 4) is 0 Å². The molecule has 2 aromatic heterocycles. The second kappa shape index (κ2) is 8.30. The van der Waals surface area contributed by atoms with E-state index >= 15 is 0 Å². The Balaban J connectivity index is 1.80. The van der Waals surface area contributed by atoms with E-state index in [1.54, 1.807) is 24.8 Å². The average Bonchev–Trinajstić information content (AvgIpc) is 3.16. The van der Waals surface area contributed by atoms with Gasteiger partial charge in [0.2, 0.25) is 0 Å². The third-order valence-electron chi connectivity index (χ3n) is 3.41. The van der Waals surface area contributed by atoms with Gasteiger partial charge in [0.15, 0.2) is 0 Å². The van der Waals surface area contributed by atoms with Crippen LogP contribution in [0.15, 0.2) is 24.8 Å². The summed E-state index contributed by atoms with van der Waals surface area (Å²) in [7, 11) is 0. The predicted molar refractivity (Wildman–Crippen MR) is 80.8 cm³/mol. The lowest BCUT2D eigenvalue weighted by molar-refractivity contribution is -0.138. The molecule has 22 heavy (non-hydrogen) atoms. The lowest BCUT2D eigenvalue weighted by Crippen LogP contribution is -2.30. The molecule has 2 heterocycles. The number of carboxylic acid groups (broad SMARTS) is 1. The maximum absolute atomic E-state index is 10.7. The Morgan fingerprint density at radius 2 is 1.77 bits per heavy atom. The van der Waals surface area contributed by atoms with Gasteiger partial charge in [0, 0.05) is 24.8 Å². The van der Waals surface area contributed by atoms with Crippen molar-refractivity contribution in [3.05, 3.63) is 36.4 Å². The summed E-state index contributed by atoms with van der Waals surface area (Å²) < 4.78 is 0. The topological polar surface area (TPSA) is 124 Å². The number of imidazole rings is 2. The molecule has 0 aliphatic rings. The molecule has 2 aromatic rings. The highest BCUT2D eigenvalue weighted by atomic mass is 16.4. The van der Waals surface area contributed by atoms with E-state index in [1.807, 2.05) is 0 Å². The van der Waals surface area contributed by atoms with Gasteiger partial charge in [0.05, 0.1) is 13.1 Å². The predicted octanol–water partition coefficient (Wildman–Crippen LogP) is 0.717. The molecule has 0 saturated heterocycles. The highest BCUT2D eigenvalue weighted by Gasteiger charge is 2.13. The summed E-state index contributed by atoms with van der Waals surface area (Å²) >= 11 is 0. The van der Waals surface area contributed by atoms with E-state index in [-0.39, 0.29) is 0 Å². The Morgan fingerprint density at radius 1 is 1.18 bits per heavy atom. The van der Waals surface area contributed by atoms with Gasteiger partial charge in [-0.1, -0.05) is 6.42 Å². The zero-order valence-corrected chi connectivity index (χ0v) is 12.4. The molecule has 120 valence electrons. The van der Waals surface area contributed by atoms with Crippen LogP contribution in [0.1, 0.15) is 30.9 Å². The molecule has 0 aromatic carbocycles. The molecule has 0 fully saturated rings. The molecule has 0 aliphatic carbocycles. The second-order valence-corrected chi connectivity index (χ2v) is 5.22. The van der Waals surface area contributed by atoms with E-state index in [0.29, 0.717) is 19.5 Å². The van der Waals surface area contributed by atoms with Crippen molar-refractivity contribution >= 4 is 5.97 Å². The molecular weight excluding hydrogens is 284 g/mol. The quantitative estimate of drug-likeness (QED) is 0.479. The number of aromatic amines is 2. The van der Waals surface area contributed by atoms with Crippen molar-refractivity contribution in [1.29, 1.82) is 0 Å². The molecule has 8 heteroatoms. The van der Waals surface area contributed by atoms with Crippen molar-refractivity contribution in [3.63, 3.8) is 0 Å². The van der Waals surface area contributed by atoms with Crippen molar-refractivity contribution < 1.29 is 9.90 Å². The van der Waals surface area contributed by atoms with E-state index in [9.17, 15) is 4.79 Å². The van der Waals surface area contributed by atoms with Gasteiger partial charge < -0.3 is 20.8 Å². The number of carboxylic acids is 1. The standard InChI is InChI=1S/C14H22N6O2/c15-11(14(21)22)3-1-2-8-20(9-12-16-4-5-17-12)10-13-18-6-7-19-13/h4-7,11H,1-3,8-10,15H2,(H,16,17)(H,18,19)(H,21,22)/t11-/m0/s1. The normalized spacial score (nSPS) is 12.6. The second-order valence-electron chi connectivity index (χ2n) is 5.22. The molecule has 8 nitrogen and oxygen atoms in total. The van der Waals surface area contributed by atoms with Crippen LogP contribution >= 0.6 is 0 Å². The van der Waals surface area contributed by atoms with Crippen LogP contribution in [0.25, 0.3) is 0 Å². The van der Waals surface area contributed by atoms with Crippen LogP contribution in [0.4, 0.5) is 0 Å². The van der Waals surface area contributed by atoms with Crippen molar-refractivity contribution in [1.82, 2.24) is 24.8 Å². The van der Waals surface area contributed by atoms with Crippen molar-refractivity contribution in [2.24, 2.45) is 5.73 Å². The Bertz CT molecular complexity index is 503. The first-order chi connectivity index (χ1) is 10.6. The highest BCUT2D eigenvalue weighted by molar-refractivity contribution is 5.72. The molecule has 0 spiro atoms. The fraction of sp³-hybridized carbons (Fsp3) is 0.500. The third kappa shape index (κ3) is 5.30.